The lowest BCUT2D eigenvalue weighted by atomic mass is 9.92. The molecule has 2 N–H and O–H groups in total. The fourth-order valence-electron chi connectivity index (χ4n) is 2.77. The Morgan fingerprint density at radius 1 is 1.00 bits per heavy atom. The summed E-state index contributed by atoms with van der Waals surface area (Å²) >= 11 is 18.8. The van der Waals surface area contributed by atoms with Gasteiger partial charge in [-0.1, -0.05) is 53.0 Å². The Hall–Kier alpha value is -2.25. The van der Waals surface area contributed by atoms with Crippen LogP contribution in [-0.2, 0) is 0 Å². The summed E-state index contributed by atoms with van der Waals surface area (Å²) in [5.41, 5.74) is 9.64. The van der Waals surface area contributed by atoms with Crippen LogP contribution in [0.25, 0.3) is 22.4 Å². The Kier molecular flexibility index (Phi) is 4.87. The van der Waals surface area contributed by atoms with E-state index in [0.29, 0.717) is 31.9 Å². The second kappa shape index (κ2) is 6.93. The summed E-state index contributed by atoms with van der Waals surface area (Å²) in [7, 11) is 0. The highest BCUT2D eigenvalue weighted by Crippen LogP contribution is 2.42. The van der Waals surface area contributed by atoms with Crippen molar-refractivity contribution in [2.75, 3.05) is 5.73 Å². The summed E-state index contributed by atoms with van der Waals surface area (Å²) in [4.78, 5) is 4.41. The Morgan fingerprint density at radius 2 is 1.64 bits per heavy atom. The highest BCUT2D eigenvalue weighted by molar-refractivity contribution is 6.39. The molecule has 0 atom stereocenters. The predicted molar refractivity (Wildman–Crippen MR) is 104 cm³/mol. The molecule has 1 aromatic heterocycles. The molecule has 0 unspecified atom stereocenters. The number of nitrogens with two attached hydrogens (primary N) is 1. The van der Waals surface area contributed by atoms with E-state index < -0.39 is 0 Å². The second-order valence-corrected chi connectivity index (χ2v) is 6.69. The minimum Gasteiger partial charge on any atom is -0.383 e. The Morgan fingerprint density at radius 3 is 2.24 bits per heavy atom. The zero-order chi connectivity index (χ0) is 18.1. The third-order valence-electron chi connectivity index (χ3n) is 3.89. The molecule has 0 amide bonds. The van der Waals surface area contributed by atoms with Crippen molar-refractivity contribution >= 4 is 40.6 Å². The van der Waals surface area contributed by atoms with Gasteiger partial charge in [0.05, 0.1) is 5.69 Å². The van der Waals surface area contributed by atoms with E-state index in [2.05, 4.69) is 11.1 Å². The lowest BCUT2D eigenvalue weighted by Crippen LogP contribution is -2.03. The van der Waals surface area contributed by atoms with Crippen LogP contribution in [0.5, 0.6) is 0 Å². The fourth-order valence-corrected chi connectivity index (χ4v) is 3.55. The van der Waals surface area contributed by atoms with Gasteiger partial charge in [-0.15, -0.1) is 0 Å². The summed E-state index contributed by atoms with van der Waals surface area (Å²) in [6.45, 7) is 1.86. The van der Waals surface area contributed by atoms with Gasteiger partial charge in [0.1, 0.15) is 17.5 Å². The number of rotatable bonds is 2. The molecule has 0 aliphatic heterocycles. The molecule has 2 aromatic carbocycles. The number of aromatic nitrogens is 1. The van der Waals surface area contributed by atoms with Crippen molar-refractivity contribution in [2.24, 2.45) is 0 Å². The third kappa shape index (κ3) is 3.17. The monoisotopic (exact) mass is 387 g/mol. The Labute approximate surface area is 160 Å². The molecule has 0 aliphatic carbocycles. The highest BCUT2D eigenvalue weighted by Gasteiger charge is 2.21. The average Bonchev–Trinajstić information content (AvgIpc) is 2.57. The van der Waals surface area contributed by atoms with Gasteiger partial charge >= 0.3 is 0 Å². The third-order valence-corrected chi connectivity index (χ3v) is 4.76. The summed E-state index contributed by atoms with van der Waals surface area (Å²) < 4.78 is 0. The minimum absolute atomic E-state index is 0.120. The van der Waals surface area contributed by atoms with E-state index in [1.165, 1.54) is 0 Å². The number of anilines is 1. The van der Waals surface area contributed by atoms with Crippen LogP contribution in [-0.4, -0.2) is 4.98 Å². The number of hydrogen-bond acceptors (Lipinski definition) is 3. The second-order valence-electron chi connectivity index (χ2n) is 5.44. The SMILES string of the molecule is Cc1c(-c2cccc(Cl)c2)nc(N)c(C#N)c1-c1c(Cl)cccc1Cl. The van der Waals surface area contributed by atoms with Crippen LogP contribution in [0, 0.1) is 18.3 Å². The molecular formula is C19H12Cl3N3. The molecule has 0 spiro atoms. The van der Waals surface area contributed by atoms with Crippen molar-refractivity contribution in [3.8, 4) is 28.5 Å². The molecule has 0 fully saturated rings. The molecule has 0 radical (unpaired) electrons. The lowest BCUT2D eigenvalue weighted by Gasteiger charge is -2.17. The molecule has 3 nitrogen and oxygen atoms in total. The zero-order valence-corrected chi connectivity index (χ0v) is 15.4. The first kappa shape index (κ1) is 17.6. The largest absolute Gasteiger partial charge is 0.383 e. The summed E-state index contributed by atoms with van der Waals surface area (Å²) in [5, 5.41) is 11.1. The van der Waals surface area contributed by atoms with Gasteiger partial charge in [0.15, 0.2) is 0 Å². The number of hydrogen-bond donors (Lipinski definition) is 1. The molecule has 0 aliphatic rings. The van der Waals surface area contributed by atoms with E-state index in [9.17, 15) is 5.26 Å². The molecule has 124 valence electrons. The summed E-state index contributed by atoms with van der Waals surface area (Å²) in [6, 6.07) is 14.6. The predicted octanol–water partition coefficient (Wildman–Crippen LogP) is 6.14. The first-order valence-electron chi connectivity index (χ1n) is 7.34. The molecule has 0 saturated carbocycles. The normalized spacial score (nSPS) is 10.5. The molecular weight excluding hydrogens is 377 g/mol. The van der Waals surface area contributed by atoms with E-state index in [4.69, 9.17) is 40.5 Å². The number of benzene rings is 2. The minimum atomic E-state index is 0.120. The molecule has 0 saturated heterocycles. The van der Waals surface area contributed by atoms with E-state index >= 15 is 0 Å². The van der Waals surface area contributed by atoms with Crippen LogP contribution in [0.1, 0.15) is 11.1 Å². The summed E-state index contributed by atoms with van der Waals surface area (Å²) in [6.07, 6.45) is 0. The van der Waals surface area contributed by atoms with Crippen molar-refractivity contribution < 1.29 is 0 Å². The maximum absolute atomic E-state index is 9.60. The lowest BCUT2D eigenvalue weighted by molar-refractivity contribution is 1.26. The maximum Gasteiger partial charge on any atom is 0.142 e. The first-order valence-corrected chi connectivity index (χ1v) is 8.48. The first-order chi connectivity index (χ1) is 11.9. The van der Waals surface area contributed by atoms with Gasteiger partial charge in [-0.2, -0.15) is 5.26 Å². The van der Waals surface area contributed by atoms with Crippen molar-refractivity contribution in [3.63, 3.8) is 0 Å². The van der Waals surface area contributed by atoms with E-state index in [1.807, 2.05) is 19.1 Å². The number of nitrogens with zero attached hydrogens (tertiary/aromatic N) is 2. The van der Waals surface area contributed by atoms with Gasteiger partial charge < -0.3 is 5.73 Å². The standard InChI is InChI=1S/C19H12Cl3N3/c1-10-16(17-14(21)6-3-7-15(17)22)13(9-23)19(24)25-18(10)11-4-2-5-12(20)8-11/h2-8H,1H3,(H2,24,25). The average molecular weight is 389 g/mol. The van der Waals surface area contributed by atoms with Crippen LogP contribution in [0.4, 0.5) is 5.82 Å². The van der Waals surface area contributed by atoms with Gasteiger partial charge in [0.25, 0.3) is 0 Å². The zero-order valence-electron chi connectivity index (χ0n) is 13.1. The van der Waals surface area contributed by atoms with Gasteiger partial charge in [-0.3, -0.25) is 0 Å². The van der Waals surface area contributed by atoms with Gasteiger partial charge in [0, 0.05) is 31.8 Å². The molecule has 25 heavy (non-hydrogen) atoms. The van der Waals surface area contributed by atoms with Crippen LogP contribution in [0.3, 0.4) is 0 Å². The van der Waals surface area contributed by atoms with E-state index in [-0.39, 0.29) is 11.4 Å². The van der Waals surface area contributed by atoms with Crippen LogP contribution < -0.4 is 5.73 Å². The van der Waals surface area contributed by atoms with Gasteiger partial charge in [-0.25, -0.2) is 4.98 Å². The maximum atomic E-state index is 9.60. The number of nitrogen functional groups attached to an aromatic ring is 1. The van der Waals surface area contributed by atoms with Gasteiger partial charge in [0.2, 0.25) is 0 Å². The quantitative estimate of drug-likeness (QED) is 0.573. The Bertz CT molecular complexity index is 1000. The smallest absolute Gasteiger partial charge is 0.142 e. The molecule has 3 rings (SSSR count). The molecule has 1 heterocycles. The molecule has 6 heteroatoms. The van der Waals surface area contributed by atoms with Crippen LogP contribution >= 0.6 is 34.8 Å². The number of halogens is 3. The summed E-state index contributed by atoms with van der Waals surface area (Å²) in [5.74, 6) is 0.120. The van der Waals surface area contributed by atoms with Gasteiger partial charge in [-0.05, 0) is 36.8 Å². The number of nitriles is 1. The molecule has 0 bridgehead atoms. The van der Waals surface area contributed by atoms with Crippen LogP contribution in [0.2, 0.25) is 15.1 Å². The van der Waals surface area contributed by atoms with Crippen molar-refractivity contribution in [1.29, 1.82) is 5.26 Å². The Balaban J connectivity index is 2.41. The van der Waals surface area contributed by atoms with Crippen LogP contribution in [0.15, 0.2) is 42.5 Å². The van der Waals surface area contributed by atoms with Crippen molar-refractivity contribution in [2.45, 2.75) is 6.92 Å². The van der Waals surface area contributed by atoms with E-state index in [1.54, 1.807) is 30.3 Å². The molecule has 3 aromatic rings. The fraction of sp³-hybridized carbons (Fsp3) is 0.0526. The van der Waals surface area contributed by atoms with Crippen molar-refractivity contribution in [1.82, 2.24) is 4.98 Å². The van der Waals surface area contributed by atoms with E-state index in [0.717, 1.165) is 11.1 Å². The topological polar surface area (TPSA) is 62.7 Å². The van der Waals surface area contributed by atoms with Crippen molar-refractivity contribution in [3.05, 3.63) is 68.7 Å². The highest BCUT2D eigenvalue weighted by atomic mass is 35.5. The number of pyridine rings is 1.